The van der Waals surface area contributed by atoms with Crippen LogP contribution < -0.4 is 16.4 Å². The van der Waals surface area contributed by atoms with E-state index in [9.17, 15) is 14.4 Å². The zero-order chi connectivity index (χ0) is 24.3. The maximum absolute atomic E-state index is 13.1. The molecule has 3 rings (SSSR count). The Kier molecular flexibility index (Phi) is 9.05. The van der Waals surface area contributed by atoms with Crippen molar-refractivity contribution in [1.29, 1.82) is 0 Å². The zero-order valence-electron chi connectivity index (χ0n) is 18.4. The Hall–Kier alpha value is -3.84. The summed E-state index contributed by atoms with van der Waals surface area (Å²) in [6.07, 6.45) is -0.345. The van der Waals surface area contributed by atoms with Crippen LogP contribution in [0.3, 0.4) is 0 Å². The second kappa shape index (κ2) is 12.4. The molecule has 0 bridgehead atoms. The third kappa shape index (κ3) is 7.94. The molecule has 3 amide bonds. The third-order valence-electron chi connectivity index (χ3n) is 5.12. The van der Waals surface area contributed by atoms with E-state index >= 15 is 0 Å². The van der Waals surface area contributed by atoms with Gasteiger partial charge in [-0.3, -0.25) is 9.59 Å². The Balaban J connectivity index is 1.68. The number of nitrogens with two attached hydrogens (primary N) is 1. The Morgan fingerprint density at radius 2 is 1.26 bits per heavy atom. The van der Waals surface area contributed by atoms with E-state index in [1.165, 1.54) is 0 Å². The van der Waals surface area contributed by atoms with Gasteiger partial charge >= 0.3 is 6.09 Å². The van der Waals surface area contributed by atoms with E-state index < -0.39 is 30.0 Å². The Morgan fingerprint density at radius 1 is 0.735 bits per heavy atom. The first kappa shape index (κ1) is 24.8. The van der Waals surface area contributed by atoms with Crippen LogP contribution in [0.1, 0.15) is 16.7 Å². The van der Waals surface area contributed by atoms with E-state index in [0.29, 0.717) is 5.02 Å². The summed E-state index contributed by atoms with van der Waals surface area (Å²) in [5.74, 6) is -1.23. The number of nitrogens with one attached hydrogen (secondary N) is 2. The zero-order valence-corrected chi connectivity index (χ0v) is 19.2. The molecule has 3 aromatic carbocycles. The number of benzene rings is 3. The van der Waals surface area contributed by atoms with Gasteiger partial charge in [0.25, 0.3) is 0 Å². The number of halogens is 1. The molecule has 2 atom stereocenters. The molecule has 0 aliphatic carbocycles. The molecule has 8 heteroatoms. The minimum atomic E-state index is -0.974. The summed E-state index contributed by atoms with van der Waals surface area (Å²) in [4.78, 5) is 37.6. The maximum Gasteiger partial charge on any atom is 0.408 e. The molecule has 34 heavy (non-hydrogen) atoms. The van der Waals surface area contributed by atoms with Crippen molar-refractivity contribution < 1.29 is 19.1 Å². The SMILES string of the molecule is NC(=O)[C@@H](Cc1ccc(Cl)cc1)NC(=O)[C@H](Cc1ccccc1)NC(=O)OCc1ccccc1. The summed E-state index contributed by atoms with van der Waals surface area (Å²) in [5.41, 5.74) is 7.97. The average Bonchev–Trinajstić information content (AvgIpc) is 2.84. The van der Waals surface area contributed by atoms with Crippen molar-refractivity contribution in [2.24, 2.45) is 5.73 Å². The molecule has 7 nitrogen and oxygen atoms in total. The molecule has 4 N–H and O–H groups in total. The van der Waals surface area contributed by atoms with Crippen molar-refractivity contribution in [2.45, 2.75) is 31.5 Å². The predicted octanol–water partition coefficient (Wildman–Crippen LogP) is 3.39. The van der Waals surface area contributed by atoms with Crippen LogP contribution in [0.2, 0.25) is 5.02 Å². The summed E-state index contributed by atoms with van der Waals surface area (Å²) in [7, 11) is 0. The van der Waals surface area contributed by atoms with Crippen molar-refractivity contribution in [3.05, 3.63) is 107 Å². The number of primary amides is 1. The van der Waals surface area contributed by atoms with Gasteiger partial charge in [0.15, 0.2) is 0 Å². The molecule has 0 unspecified atom stereocenters. The van der Waals surface area contributed by atoms with Crippen LogP contribution >= 0.6 is 11.6 Å². The lowest BCUT2D eigenvalue weighted by Gasteiger charge is -2.22. The lowest BCUT2D eigenvalue weighted by molar-refractivity contribution is -0.128. The number of hydrogen-bond donors (Lipinski definition) is 3. The van der Waals surface area contributed by atoms with Crippen molar-refractivity contribution in [1.82, 2.24) is 10.6 Å². The highest BCUT2D eigenvalue weighted by Gasteiger charge is 2.26. The van der Waals surface area contributed by atoms with Gasteiger partial charge in [0.2, 0.25) is 11.8 Å². The molecular formula is C26H26ClN3O4. The quantitative estimate of drug-likeness (QED) is 0.414. The van der Waals surface area contributed by atoms with E-state index in [1.54, 1.807) is 24.3 Å². The molecule has 0 aliphatic heterocycles. The second-order valence-corrected chi connectivity index (χ2v) is 8.18. The fourth-order valence-corrected chi connectivity index (χ4v) is 3.44. The normalized spacial score (nSPS) is 12.3. The van der Waals surface area contributed by atoms with Crippen LogP contribution in [-0.2, 0) is 33.8 Å². The number of rotatable bonds is 10. The van der Waals surface area contributed by atoms with E-state index in [4.69, 9.17) is 22.1 Å². The van der Waals surface area contributed by atoms with E-state index in [0.717, 1.165) is 16.7 Å². The molecule has 0 saturated carbocycles. The standard InChI is InChI=1S/C26H26ClN3O4/c27-21-13-11-19(12-14-21)15-22(24(28)31)29-25(32)23(16-18-7-3-1-4-8-18)30-26(33)34-17-20-9-5-2-6-10-20/h1-14,22-23H,15-17H2,(H2,28,31)(H,29,32)(H,30,33)/t22-,23+/m1/s1. The number of carbonyl (C=O) groups excluding carboxylic acids is 3. The number of amides is 3. The fraction of sp³-hybridized carbons (Fsp3) is 0.192. The minimum Gasteiger partial charge on any atom is -0.445 e. The van der Waals surface area contributed by atoms with Gasteiger partial charge < -0.3 is 21.1 Å². The summed E-state index contributed by atoms with van der Waals surface area (Å²) in [6.45, 7) is 0.0623. The maximum atomic E-state index is 13.1. The van der Waals surface area contributed by atoms with Gasteiger partial charge in [-0.05, 0) is 28.8 Å². The molecule has 0 spiro atoms. The lowest BCUT2D eigenvalue weighted by Crippen LogP contribution is -2.54. The minimum absolute atomic E-state index is 0.0623. The van der Waals surface area contributed by atoms with E-state index in [-0.39, 0.29) is 19.4 Å². The number of carbonyl (C=O) groups is 3. The Bertz CT molecular complexity index is 1090. The highest BCUT2D eigenvalue weighted by atomic mass is 35.5. The smallest absolute Gasteiger partial charge is 0.408 e. The van der Waals surface area contributed by atoms with Crippen LogP contribution in [0.15, 0.2) is 84.9 Å². The molecule has 0 aliphatic rings. The van der Waals surface area contributed by atoms with Crippen LogP contribution in [0.4, 0.5) is 4.79 Å². The van der Waals surface area contributed by atoms with Gasteiger partial charge in [-0.1, -0.05) is 84.4 Å². The van der Waals surface area contributed by atoms with Gasteiger partial charge in [0.1, 0.15) is 18.7 Å². The van der Waals surface area contributed by atoms with Gasteiger partial charge in [0.05, 0.1) is 0 Å². The number of ether oxygens (including phenoxy) is 1. The molecule has 0 aromatic heterocycles. The largest absolute Gasteiger partial charge is 0.445 e. The first-order valence-electron chi connectivity index (χ1n) is 10.8. The van der Waals surface area contributed by atoms with Crippen LogP contribution in [-0.4, -0.2) is 30.0 Å². The fourth-order valence-electron chi connectivity index (χ4n) is 3.32. The van der Waals surface area contributed by atoms with Crippen LogP contribution in [0.25, 0.3) is 0 Å². The van der Waals surface area contributed by atoms with Gasteiger partial charge in [-0.25, -0.2) is 4.79 Å². The van der Waals surface area contributed by atoms with Crippen LogP contribution in [0, 0.1) is 0 Å². The summed E-state index contributed by atoms with van der Waals surface area (Å²) in [6, 6.07) is 23.4. The molecule has 0 radical (unpaired) electrons. The predicted molar refractivity (Wildman–Crippen MR) is 130 cm³/mol. The molecule has 3 aromatic rings. The lowest BCUT2D eigenvalue weighted by atomic mass is 10.0. The molecule has 176 valence electrons. The number of alkyl carbamates (subject to hydrolysis) is 1. The van der Waals surface area contributed by atoms with Crippen molar-refractivity contribution in [3.8, 4) is 0 Å². The molecule has 0 heterocycles. The molecule has 0 saturated heterocycles. The Morgan fingerprint density at radius 3 is 1.85 bits per heavy atom. The monoisotopic (exact) mass is 479 g/mol. The Labute approximate surface area is 203 Å². The second-order valence-electron chi connectivity index (χ2n) is 7.74. The van der Waals surface area contributed by atoms with Crippen molar-refractivity contribution >= 4 is 29.5 Å². The summed E-state index contributed by atoms with van der Waals surface area (Å²) < 4.78 is 5.27. The first-order chi connectivity index (χ1) is 16.4. The van der Waals surface area contributed by atoms with Gasteiger partial charge in [-0.15, -0.1) is 0 Å². The highest BCUT2D eigenvalue weighted by molar-refractivity contribution is 6.30. The highest BCUT2D eigenvalue weighted by Crippen LogP contribution is 2.12. The third-order valence-corrected chi connectivity index (χ3v) is 5.37. The van der Waals surface area contributed by atoms with Gasteiger partial charge in [0, 0.05) is 17.9 Å². The number of hydrogen-bond acceptors (Lipinski definition) is 4. The van der Waals surface area contributed by atoms with Crippen molar-refractivity contribution in [3.63, 3.8) is 0 Å². The first-order valence-corrected chi connectivity index (χ1v) is 11.1. The molecule has 0 fully saturated rings. The van der Waals surface area contributed by atoms with Crippen molar-refractivity contribution in [2.75, 3.05) is 0 Å². The topological polar surface area (TPSA) is 111 Å². The summed E-state index contributed by atoms with van der Waals surface area (Å²) in [5, 5.41) is 5.83. The molecular weight excluding hydrogens is 454 g/mol. The average molecular weight is 480 g/mol. The van der Waals surface area contributed by atoms with Crippen LogP contribution in [0.5, 0.6) is 0 Å². The van der Waals surface area contributed by atoms with Gasteiger partial charge in [-0.2, -0.15) is 0 Å². The van der Waals surface area contributed by atoms with E-state index in [2.05, 4.69) is 10.6 Å². The van der Waals surface area contributed by atoms with E-state index in [1.807, 2.05) is 60.7 Å². The summed E-state index contributed by atoms with van der Waals surface area (Å²) >= 11 is 5.91.